The van der Waals surface area contributed by atoms with Crippen molar-refractivity contribution in [3.05, 3.63) is 69.4 Å². The van der Waals surface area contributed by atoms with Gasteiger partial charge >= 0.3 is 5.97 Å². The molecular formula is C19H14ClN3O7S3. The number of aromatic nitrogens is 1. The van der Waals surface area contributed by atoms with Gasteiger partial charge in [-0.25, -0.2) is 18.2 Å². The Morgan fingerprint density at radius 3 is 2.58 bits per heavy atom. The summed E-state index contributed by atoms with van der Waals surface area (Å²) in [6.07, 6.45) is 2.88. The predicted molar refractivity (Wildman–Crippen MR) is 123 cm³/mol. The fourth-order valence-corrected chi connectivity index (χ4v) is 5.54. The lowest BCUT2D eigenvalue weighted by atomic mass is 10.2. The number of sulfone groups is 1. The maximum atomic E-state index is 12.7. The number of rotatable bonds is 8. The minimum Gasteiger partial charge on any atom is -0.452 e. The molecule has 0 bridgehead atoms. The van der Waals surface area contributed by atoms with Gasteiger partial charge in [-0.3, -0.25) is 20.2 Å². The van der Waals surface area contributed by atoms with Gasteiger partial charge in [0.05, 0.1) is 26.6 Å². The number of nitro benzene ring substituents is 1. The molecule has 0 unspecified atom stereocenters. The number of non-ortho nitro benzene ring substituents is 1. The Hall–Kier alpha value is -3.00. The van der Waals surface area contributed by atoms with Crippen LogP contribution in [0.5, 0.6) is 0 Å². The molecule has 0 fully saturated rings. The van der Waals surface area contributed by atoms with Crippen LogP contribution in [0.2, 0.25) is 5.02 Å². The summed E-state index contributed by atoms with van der Waals surface area (Å²) in [5, 5.41) is 13.2. The van der Waals surface area contributed by atoms with Crippen LogP contribution >= 0.6 is 34.7 Å². The van der Waals surface area contributed by atoms with Crippen LogP contribution < -0.4 is 5.32 Å². The van der Waals surface area contributed by atoms with E-state index in [9.17, 15) is 28.1 Å². The molecule has 172 valence electrons. The van der Waals surface area contributed by atoms with Crippen LogP contribution in [0.25, 0.3) is 0 Å². The maximum absolute atomic E-state index is 12.7. The number of nitrogens with zero attached hydrogens (tertiary/aromatic N) is 2. The van der Waals surface area contributed by atoms with Crippen LogP contribution in [-0.4, -0.2) is 43.1 Å². The van der Waals surface area contributed by atoms with Crippen molar-refractivity contribution in [2.75, 3.05) is 18.2 Å². The summed E-state index contributed by atoms with van der Waals surface area (Å²) in [6, 6.07) is 9.21. The van der Waals surface area contributed by atoms with Crippen molar-refractivity contribution < 1.29 is 27.7 Å². The van der Waals surface area contributed by atoms with Gasteiger partial charge in [0, 0.05) is 17.0 Å². The molecule has 0 spiro atoms. The van der Waals surface area contributed by atoms with Gasteiger partial charge in [-0.1, -0.05) is 22.9 Å². The highest BCUT2D eigenvalue weighted by molar-refractivity contribution is 7.98. The molecule has 0 aliphatic heterocycles. The quantitative estimate of drug-likeness (QED) is 0.198. The molecule has 3 aromatic rings. The Balaban J connectivity index is 1.63. The van der Waals surface area contributed by atoms with Crippen molar-refractivity contribution >= 4 is 67.2 Å². The lowest BCUT2D eigenvalue weighted by molar-refractivity contribution is -0.384. The van der Waals surface area contributed by atoms with Crippen molar-refractivity contribution in [1.29, 1.82) is 0 Å². The van der Waals surface area contributed by atoms with Gasteiger partial charge in [-0.2, -0.15) is 0 Å². The van der Waals surface area contributed by atoms with Gasteiger partial charge in [0.25, 0.3) is 11.6 Å². The summed E-state index contributed by atoms with van der Waals surface area (Å²) in [5.41, 5.74) is -0.135. The molecule has 1 N–H and O–H groups in total. The second-order valence-electron chi connectivity index (χ2n) is 6.21. The Morgan fingerprint density at radius 1 is 1.24 bits per heavy atom. The summed E-state index contributed by atoms with van der Waals surface area (Å²) < 4.78 is 30.1. The zero-order valence-electron chi connectivity index (χ0n) is 16.7. The second-order valence-corrected chi connectivity index (χ2v) is 10.7. The molecule has 1 aromatic heterocycles. The fraction of sp³-hybridized carbons (Fsp3) is 0.105. The van der Waals surface area contributed by atoms with Crippen molar-refractivity contribution in [1.82, 2.24) is 4.98 Å². The first kappa shape index (κ1) is 24.6. The zero-order valence-corrected chi connectivity index (χ0v) is 19.9. The number of esters is 1. The van der Waals surface area contributed by atoms with E-state index in [0.29, 0.717) is 11.3 Å². The molecule has 3 rings (SSSR count). The standard InChI is InChI=1S/C19H14ClN3O7S3/c1-31-12-4-7-15(20)14(8-12)18(25)30-10-16(24)22-19-21-9-17(32-19)33(28,29)13-5-2-11(3-6-13)23(26)27/h2-9H,10H2,1H3,(H,21,22,24). The lowest BCUT2D eigenvalue weighted by Gasteiger charge is -2.07. The molecule has 0 saturated heterocycles. The number of carbonyl (C=O) groups excluding carboxylic acids is 2. The topological polar surface area (TPSA) is 146 Å². The monoisotopic (exact) mass is 527 g/mol. The van der Waals surface area contributed by atoms with E-state index in [2.05, 4.69) is 10.3 Å². The van der Waals surface area contributed by atoms with Crippen LogP contribution in [0.15, 0.2) is 62.7 Å². The average molecular weight is 528 g/mol. The summed E-state index contributed by atoms with van der Waals surface area (Å²) in [7, 11) is -3.99. The zero-order chi connectivity index (χ0) is 24.2. The third-order valence-electron chi connectivity index (χ3n) is 4.08. The molecule has 10 nitrogen and oxygen atoms in total. The molecule has 33 heavy (non-hydrogen) atoms. The SMILES string of the molecule is CSc1ccc(Cl)c(C(=O)OCC(=O)Nc2ncc(S(=O)(=O)c3ccc([N+](=O)[O-])cc3)s2)c1. The number of ether oxygens (including phenoxy) is 1. The molecule has 0 atom stereocenters. The molecule has 2 aromatic carbocycles. The summed E-state index contributed by atoms with van der Waals surface area (Å²) in [4.78, 5) is 38.9. The Labute approximate surface area is 201 Å². The average Bonchev–Trinajstić information content (AvgIpc) is 3.27. The number of thioether (sulfide) groups is 1. The predicted octanol–water partition coefficient (Wildman–Crippen LogP) is 4.05. The maximum Gasteiger partial charge on any atom is 0.340 e. The number of carbonyl (C=O) groups is 2. The third kappa shape index (κ3) is 5.87. The first-order valence-electron chi connectivity index (χ1n) is 8.87. The summed E-state index contributed by atoms with van der Waals surface area (Å²) in [5.74, 6) is -1.51. The largest absolute Gasteiger partial charge is 0.452 e. The Bertz CT molecular complexity index is 1320. The van der Waals surface area contributed by atoms with Gasteiger partial charge in [0.1, 0.15) is 4.21 Å². The van der Waals surface area contributed by atoms with Crippen LogP contribution in [0, 0.1) is 10.1 Å². The summed E-state index contributed by atoms with van der Waals surface area (Å²) >= 11 is 8.09. The normalized spacial score (nSPS) is 11.1. The van der Waals surface area contributed by atoms with Crippen molar-refractivity contribution in [3.63, 3.8) is 0 Å². The van der Waals surface area contributed by atoms with Gasteiger partial charge in [-0.05, 0) is 36.6 Å². The van der Waals surface area contributed by atoms with Crippen LogP contribution in [0.4, 0.5) is 10.8 Å². The number of hydrogen-bond acceptors (Lipinski definition) is 10. The van der Waals surface area contributed by atoms with Crippen LogP contribution in [0.3, 0.4) is 0 Å². The van der Waals surface area contributed by atoms with Crippen molar-refractivity contribution in [3.8, 4) is 0 Å². The second kappa shape index (κ2) is 10.3. The molecule has 1 heterocycles. The molecule has 0 radical (unpaired) electrons. The van der Waals surface area contributed by atoms with Gasteiger partial charge in [-0.15, -0.1) is 11.8 Å². The highest BCUT2D eigenvalue weighted by Crippen LogP contribution is 2.29. The van der Waals surface area contributed by atoms with E-state index < -0.39 is 33.2 Å². The molecule has 0 aliphatic carbocycles. The number of anilines is 1. The van der Waals surface area contributed by atoms with E-state index in [4.69, 9.17) is 16.3 Å². The minimum absolute atomic E-state index is 0.0288. The minimum atomic E-state index is -3.99. The first-order valence-corrected chi connectivity index (χ1v) is 12.8. The smallest absolute Gasteiger partial charge is 0.340 e. The van der Waals surface area contributed by atoms with Crippen LogP contribution in [-0.2, 0) is 19.4 Å². The number of thiazole rings is 1. The number of benzene rings is 2. The molecular weight excluding hydrogens is 514 g/mol. The fourth-order valence-electron chi connectivity index (χ4n) is 2.46. The van der Waals surface area contributed by atoms with E-state index in [0.717, 1.165) is 35.4 Å². The van der Waals surface area contributed by atoms with E-state index >= 15 is 0 Å². The highest BCUT2D eigenvalue weighted by Gasteiger charge is 2.23. The van der Waals surface area contributed by atoms with E-state index in [1.54, 1.807) is 18.2 Å². The van der Waals surface area contributed by atoms with Gasteiger partial charge in [0.2, 0.25) is 9.84 Å². The molecule has 1 amide bonds. The van der Waals surface area contributed by atoms with E-state index in [1.165, 1.54) is 11.8 Å². The third-order valence-corrected chi connectivity index (χ3v) is 8.28. The number of halogens is 1. The molecule has 0 saturated carbocycles. The van der Waals surface area contributed by atoms with Crippen LogP contribution in [0.1, 0.15) is 10.4 Å². The number of nitro groups is 1. The molecule has 0 aliphatic rings. The van der Waals surface area contributed by atoms with Gasteiger partial charge < -0.3 is 4.74 Å². The lowest BCUT2D eigenvalue weighted by Crippen LogP contribution is -2.21. The number of hydrogen-bond donors (Lipinski definition) is 1. The van der Waals surface area contributed by atoms with Gasteiger partial charge in [0.15, 0.2) is 11.7 Å². The van der Waals surface area contributed by atoms with E-state index in [1.807, 2.05) is 6.26 Å². The Kier molecular flexibility index (Phi) is 7.68. The first-order chi connectivity index (χ1) is 15.6. The number of amides is 1. The number of nitrogens with one attached hydrogen (secondary N) is 1. The van der Waals surface area contributed by atoms with Crippen molar-refractivity contribution in [2.45, 2.75) is 14.0 Å². The molecule has 14 heteroatoms. The van der Waals surface area contributed by atoms with Crippen molar-refractivity contribution in [2.24, 2.45) is 0 Å². The van der Waals surface area contributed by atoms with E-state index in [-0.39, 0.29) is 30.5 Å². The summed E-state index contributed by atoms with van der Waals surface area (Å²) in [6.45, 7) is -0.636. The highest BCUT2D eigenvalue weighted by atomic mass is 35.5. The Morgan fingerprint density at radius 2 is 1.94 bits per heavy atom.